The second-order valence-corrected chi connectivity index (χ2v) is 7.53. The fourth-order valence-corrected chi connectivity index (χ4v) is 3.86. The van der Waals surface area contributed by atoms with Gasteiger partial charge >= 0.3 is 6.03 Å². The summed E-state index contributed by atoms with van der Waals surface area (Å²) in [5.74, 6) is 0.419. The molecule has 3 N–H and O–H groups in total. The number of carbonyl (C=O) groups excluding carboxylic acids is 1. The molecule has 1 aliphatic carbocycles. The number of aliphatic hydroxyl groups excluding tert-OH is 1. The smallest absolute Gasteiger partial charge is 0.315 e. The van der Waals surface area contributed by atoms with Crippen LogP contribution in [0.25, 0.3) is 0 Å². The molecule has 3 unspecified atom stereocenters. The molecule has 1 heterocycles. The van der Waals surface area contributed by atoms with Crippen LogP contribution in [0.15, 0.2) is 17.5 Å². The first-order valence-corrected chi connectivity index (χ1v) is 8.59. The Morgan fingerprint density at radius 2 is 2.43 bits per heavy atom. The van der Waals surface area contributed by atoms with Crippen LogP contribution in [0.5, 0.6) is 0 Å². The molecule has 2 rings (SSSR count). The van der Waals surface area contributed by atoms with Crippen molar-refractivity contribution in [2.75, 3.05) is 13.2 Å². The Morgan fingerprint density at radius 3 is 3.10 bits per heavy atom. The van der Waals surface area contributed by atoms with Crippen LogP contribution in [-0.2, 0) is 6.42 Å². The molecule has 0 bridgehead atoms. The Hall–Kier alpha value is -1.07. The van der Waals surface area contributed by atoms with Gasteiger partial charge in [-0.15, -0.1) is 11.3 Å². The number of nitrogens with one attached hydrogen (secondary N) is 2. The highest BCUT2D eigenvalue weighted by Crippen LogP contribution is 2.37. The Bertz CT molecular complexity index is 449. The van der Waals surface area contributed by atoms with Crippen LogP contribution in [0.3, 0.4) is 0 Å². The van der Waals surface area contributed by atoms with E-state index in [1.807, 2.05) is 6.92 Å². The zero-order chi connectivity index (χ0) is 15.3. The van der Waals surface area contributed by atoms with Crippen LogP contribution < -0.4 is 10.6 Å². The average molecular weight is 310 g/mol. The van der Waals surface area contributed by atoms with Gasteiger partial charge in [-0.2, -0.15) is 0 Å². The van der Waals surface area contributed by atoms with Gasteiger partial charge in [0.25, 0.3) is 0 Å². The number of rotatable bonds is 6. The second-order valence-electron chi connectivity index (χ2n) is 6.50. The van der Waals surface area contributed by atoms with Gasteiger partial charge in [0.2, 0.25) is 0 Å². The van der Waals surface area contributed by atoms with Crippen molar-refractivity contribution in [2.45, 2.75) is 45.6 Å². The van der Waals surface area contributed by atoms with Crippen molar-refractivity contribution >= 4 is 17.4 Å². The molecule has 0 saturated heterocycles. The number of hydrogen-bond acceptors (Lipinski definition) is 3. The normalized spacial score (nSPS) is 26.5. The van der Waals surface area contributed by atoms with E-state index in [1.165, 1.54) is 4.88 Å². The highest BCUT2D eigenvalue weighted by Gasteiger charge is 2.39. The largest absolute Gasteiger partial charge is 0.396 e. The highest BCUT2D eigenvalue weighted by atomic mass is 32.1. The van der Waals surface area contributed by atoms with E-state index >= 15 is 0 Å². The maximum absolute atomic E-state index is 12.0. The topological polar surface area (TPSA) is 61.4 Å². The molecule has 3 atom stereocenters. The van der Waals surface area contributed by atoms with E-state index in [-0.39, 0.29) is 24.1 Å². The van der Waals surface area contributed by atoms with Crippen molar-refractivity contribution < 1.29 is 9.90 Å². The molecule has 1 aromatic rings. The van der Waals surface area contributed by atoms with Gasteiger partial charge in [-0.3, -0.25) is 0 Å². The van der Waals surface area contributed by atoms with Crippen molar-refractivity contribution in [3.8, 4) is 0 Å². The van der Waals surface area contributed by atoms with Gasteiger partial charge in [0.15, 0.2) is 0 Å². The van der Waals surface area contributed by atoms with Crippen LogP contribution in [0.1, 0.15) is 38.0 Å². The summed E-state index contributed by atoms with van der Waals surface area (Å²) in [5, 5.41) is 17.6. The first kappa shape index (κ1) is 16.3. The molecule has 1 aromatic heterocycles. The Morgan fingerprint density at radius 1 is 1.62 bits per heavy atom. The molecule has 4 nitrogen and oxygen atoms in total. The molecular weight excluding hydrogens is 284 g/mol. The molecule has 118 valence electrons. The van der Waals surface area contributed by atoms with Crippen molar-refractivity contribution in [1.29, 1.82) is 0 Å². The summed E-state index contributed by atoms with van der Waals surface area (Å²) in [6.07, 6.45) is 3.99. The number of carbonyl (C=O) groups is 1. The third-order valence-electron chi connectivity index (χ3n) is 4.49. The molecule has 2 amide bonds. The summed E-state index contributed by atoms with van der Waals surface area (Å²) in [6, 6.07) is 4.16. The van der Waals surface area contributed by atoms with E-state index in [2.05, 4.69) is 35.1 Å². The van der Waals surface area contributed by atoms with Crippen LogP contribution in [0, 0.1) is 11.3 Å². The van der Waals surface area contributed by atoms with E-state index in [1.54, 1.807) is 11.3 Å². The fraction of sp³-hybridized carbons (Fsp3) is 0.688. The zero-order valence-electron chi connectivity index (χ0n) is 12.9. The lowest BCUT2D eigenvalue weighted by molar-refractivity contribution is 0.121. The molecular formula is C16H26N2O2S. The lowest BCUT2D eigenvalue weighted by atomic mass is 9.86. The Kier molecular flexibility index (Phi) is 5.65. The lowest BCUT2D eigenvalue weighted by Gasteiger charge is -2.30. The quantitative estimate of drug-likeness (QED) is 0.756. The van der Waals surface area contributed by atoms with Gasteiger partial charge < -0.3 is 15.7 Å². The maximum atomic E-state index is 12.0. The van der Waals surface area contributed by atoms with Crippen molar-refractivity contribution in [2.24, 2.45) is 11.3 Å². The summed E-state index contributed by atoms with van der Waals surface area (Å²) in [7, 11) is 0. The van der Waals surface area contributed by atoms with Crippen LogP contribution in [-0.4, -0.2) is 30.3 Å². The number of aliphatic hydroxyl groups is 1. The molecule has 1 fully saturated rings. The number of amides is 2. The van der Waals surface area contributed by atoms with E-state index in [9.17, 15) is 9.90 Å². The second kappa shape index (κ2) is 7.27. The van der Waals surface area contributed by atoms with Gasteiger partial charge in [-0.1, -0.05) is 26.3 Å². The standard InChI is InChI=1S/C16H26N2O2S/c1-12(9-13-5-4-8-21-13)10-17-15(20)18-14-6-3-7-16(14,2)11-19/h4-5,8,12,14,19H,3,6-7,9-11H2,1-2H3,(H2,17,18,20). The minimum atomic E-state index is -0.167. The average Bonchev–Trinajstić information content (AvgIpc) is 3.08. The van der Waals surface area contributed by atoms with Crippen molar-refractivity contribution in [1.82, 2.24) is 10.6 Å². The van der Waals surface area contributed by atoms with Crippen molar-refractivity contribution in [3.63, 3.8) is 0 Å². The summed E-state index contributed by atoms with van der Waals surface area (Å²) < 4.78 is 0. The molecule has 1 aliphatic rings. The molecule has 0 spiro atoms. The molecule has 0 radical (unpaired) electrons. The molecule has 0 aliphatic heterocycles. The lowest BCUT2D eigenvalue weighted by Crippen LogP contribution is -2.49. The first-order chi connectivity index (χ1) is 10.0. The zero-order valence-corrected chi connectivity index (χ0v) is 13.7. The van der Waals surface area contributed by atoms with Gasteiger partial charge in [-0.25, -0.2) is 4.79 Å². The van der Waals surface area contributed by atoms with Crippen molar-refractivity contribution in [3.05, 3.63) is 22.4 Å². The molecule has 21 heavy (non-hydrogen) atoms. The van der Waals surface area contributed by atoms with E-state index in [4.69, 9.17) is 0 Å². The van der Waals surface area contributed by atoms with Gasteiger partial charge in [-0.05, 0) is 36.6 Å². The minimum absolute atomic E-state index is 0.0788. The first-order valence-electron chi connectivity index (χ1n) is 7.71. The summed E-state index contributed by atoms with van der Waals surface area (Å²) in [4.78, 5) is 13.4. The molecule has 0 aromatic carbocycles. The third kappa shape index (κ3) is 4.45. The van der Waals surface area contributed by atoms with Crippen LogP contribution >= 0.6 is 11.3 Å². The Balaban J connectivity index is 1.72. The van der Waals surface area contributed by atoms with Crippen LogP contribution in [0.2, 0.25) is 0 Å². The fourth-order valence-electron chi connectivity index (χ4n) is 2.99. The summed E-state index contributed by atoms with van der Waals surface area (Å²) in [6.45, 7) is 5.00. The maximum Gasteiger partial charge on any atom is 0.315 e. The number of hydrogen-bond donors (Lipinski definition) is 3. The highest BCUT2D eigenvalue weighted by molar-refractivity contribution is 7.09. The molecule has 1 saturated carbocycles. The van der Waals surface area contributed by atoms with E-state index in [0.29, 0.717) is 12.5 Å². The minimum Gasteiger partial charge on any atom is -0.396 e. The monoisotopic (exact) mass is 310 g/mol. The predicted molar refractivity (Wildman–Crippen MR) is 86.6 cm³/mol. The molecule has 5 heteroatoms. The van der Waals surface area contributed by atoms with Gasteiger partial charge in [0.05, 0.1) is 6.61 Å². The van der Waals surface area contributed by atoms with E-state index < -0.39 is 0 Å². The van der Waals surface area contributed by atoms with Gasteiger partial charge in [0.1, 0.15) is 0 Å². The number of urea groups is 1. The van der Waals surface area contributed by atoms with Gasteiger partial charge in [0, 0.05) is 22.9 Å². The summed E-state index contributed by atoms with van der Waals surface area (Å²) >= 11 is 1.76. The predicted octanol–water partition coefficient (Wildman–Crippen LogP) is 2.78. The number of thiophene rings is 1. The summed E-state index contributed by atoms with van der Waals surface area (Å²) in [5.41, 5.74) is -0.167. The third-order valence-corrected chi connectivity index (χ3v) is 5.39. The SMILES string of the molecule is CC(CNC(=O)NC1CCCC1(C)CO)Cc1cccs1. The van der Waals surface area contributed by atoms with Crippen LogP contribution in [0.4, 0.5) is 4.79 Å². The van der Waals surface area contributed by atoms with E-state index in [0.717, 1.165) is 25.7 Å². The Labute approximate surface area is 131 Å².